The average Bonchev–Trinajstić information content (AvgIpc) is 2.98. The Balaban J connectivity index is 1.84. The number of carbonyl (C=O) groups excluding carboxylic acids is 1. The van der Waals surface area contributed by atoms with E-state index in [1.165, 1.54) is 30.7 Å². The molecule has 1 heterocycles. The topological polar surface area (TPSA) is 102 Å². The largest absolute Gasteiger partial charge is 0.504 e. The zero-order valence-corrected chi connectivity index (χ0v) is 11.4. The highest BCUT2D eigenvalue weighted by Gasteiger charge is 2.05. The number of benzene rings is 1. The summed E-state index contributed by atoms with van der Waals surface area (Å²) >= 11 is 0. The van der Waals surface area contributed by atoms with Crippen LogP contribution >= 0.6 is 0 Å². The second kappa shape index (κ2) is 7.04. The van der Waals surface area contributed by atoms with E-state index < -0.39 is 0 Å². The Kier molecular flexibility index (Phi) is 4.86. The van der Waals surface area contributed by atoms with Crippen molar-refractivity contribution in [3.8, 4) is 11.5 Å². The Bertz CT molecular complexity index is 625. The number of carbonyl (C=O) groups is 1. The number of hydrogen-bond donors (Lipinski definition) is 2. The molecule has 1 aromatic carbocycles. The summed E-state index contributed by atoms with van der Waals surface area (Å²) in [7, 11) is 1.47. The highest BCUT2D eigenvalue weighted by Crippen LogP contribution is 2.27. The Labute approximate surface area is 121 Å². The van der Waals surface area contributed by atoms with Gasteiger partial charge in [-0.15, -0.1) is 0 Å². The van der Waals surface area contributed by atoms with Crippen LogP contribution in [0.2, 0.25) is 0 Å². The first-order valence-corrected chi connectivity index (χ1v) is 6.15. The minimum absolute atomic E-state index is 0.0118. The molecular weight excluding hydrogens is 274 g/mol. The maximum Gasteiger partial charge on any atom is 0.243 e. The fourth-order valence-corrected chi connectivity index (χ4v) is 1.60. The fourth-order valence-electron chi connectivity index (χ4n) is 1.60. The number of amides is 1. The van der Waals surface area contributed by atoms with Gasteiger partial charge in [0, 0.05) is 11.8 Å². The molecular formula is C13H15N5O3. The van der Waals surface area contributed by atoms with Gasteiger partial charge in [-0.1, -0.05) is 6.07 Å². The molecule has 0 aliphatic carbocycles. The molecule has 8 heteroatoms. The van der Waals surface area contributed by atoms with Gasteiger partial charge in [0.2, 0.25) is 5.91 Å². The maximum atomic E-state index is 11.5. The summed E-state index contributed by atoms with van der Waals surface area (Å²) < 4.78 is 6.40. The van der Waals surface area contributed by atoms with Crippen LogP contribution in [0.15, 0.2) is 35.8 Å². The molecule has 0 saturated carbocycles. The lowest BCUT2D eigenvalue weighted by atomic mass is 10.2. The Hall–Kier alpha value is -2.90. The molecule has 2 aromatic rings. The van der Waals surface area contributed by atoms with Gasteiger partial charge in [-0.25, -0.2) is 9.67 Å². The number of aliphatic imine (C=N–C) groups is 1. The first-order valence-electron chi connectivity index (χ1n) is 6.15. The summed E-state index contributed by atoms with van der Waals surface area (Å²) in [5.41, 5.74) is 0.514. The van der Waals surface area contributed by atoms with Crippen LogP contribution in [-0.2, 0) is 11.3 Å². The van der Waals surface area contributed by atoms with Crippen molar-refractivity contribution in [2.24, 2.45) is 4.99 Å². The number of methoxy groups -OCH3 is 1. The normalized spacial score (nSPS) is 10.7. The molecule has 1 aromatic heterocycles. The molecule has 21 heavy (non-hydrogen) atoms. The fraction of sp³-hybridized carbons (Fsp3) is 0.231. The molecule has 0 aliphatic rings. The average molecular weight is 289 g/mol. The number of rotatable bonds is 6. The summed E-state index contributed by atoms with van der Waals surface area (Å²) in [4.78, 5) is 19.3. The van der Waals surface area contributed by atoms with Gasteiger partial charge in [0.1, 0.15) is 25.9 Å². The highest BCUT2D eigenvalue weighted by molar-refractivity contribution is 5.85. The van der Waals surface area contributed by atoms with Crippen molar-refractivity contribution in [3.63, 3.8) is 0 Å². The van der Waals surface area contributed by atoms with Gasteiger partial charge in [0.05, 0.1) is 7.11 Å². The number of nitrogens with zero attached hydrogens (tertiary/aromatic N) is 4. The van der Waals surface area contributed by atoms with Crippen molar-refractivity contribution in [2.45, 2.75) is 6.54 Å². The third-order valence-corrected chi connectivity index (χ3v) is 2.62. The van der Waals surface area contributed by atoms with Crippen LogP contribution in [0.25, 0.3) is 0 Å². The lowest BCUT2D eigenvalue weighted by molar-refractivity contribution is -0.121. The number of nitrogens with one attached hydrogen (secondary N) is 1. The molecule has 0 aliphatic heterocycles. The molecule has 110 valence electrons. The number of aromatic hydroxyl groups is 1. The summed E-state index contributed by atoms with van der Waals surface area (Å²) in [5.74, 6) is 0.152. The van der Waals surface area contributed by atoms with Crippen molar-refractivity contribution < 1.29 is 14.6 Å². The maximum absolute atomic E-state index is 11.5. The molecule has 0 radical (unpaired) electrons. The van der Waals surface area contributed by atoms with Crippen LogP contribution in [0.1, 0.15) is 5.56 Å². The minimum atomic E-state index is -0.229. The van der Waals surface area contributed by atoms with Crippen LogP contribution in [0.4, 0.5) is 0 Å². The van der Waals surface area contributed by atoms with E-state index in [1.807, 2.05) is 0 Å². The monoisotopic (exact) mass is 289 g/mol. The zero-order chi connectivity index (χ0) is 15.1. The number of para-hydroxylation sites is 1. The van der Waals surface area contributed by atoms with Gasteiger partial charge in [0.25, 0.3) is 0 Å². The summed E-state index contributed by atoms with van der Waals surface area (Å²) in [6.07, 6.45) is 4.28. The van der Waals surface area contributed by atoms with E-state index in [4.69, 9.17) is 4.74 Å². The first-order chi connectivity index (χ1) is 10.2. The molecule has 2 rings (SSSR count). The van der Waals surface area contributed by atoms with E-state index in [0.717, 1.165) is 0 Å². The number of hydrogen-bond acceptors (Lipinski definition) is 6. The third-order valence-electron chi connectivity index (χ3n) is 2.62. The van der Waals surface area contributed by atoms with Crippen LogP contribution in [-0.4, -0.2) is 45.8 Å². The number of aromatic nitrogens is 3. The summed E-state index contributed by atoms with van der Waals surface area (Å²) in [6.45, 7) is 0.185. The predicted octanol–water partition coefficient (Wildman–Crippen LogP) is 0.185. The highest BCUT2D eigenvalue weighted by atomic mass is 16.5. The van der Waals surface area contributed by atoms with Crippen LogP contribution in [0, 0.1) is 0 Å². The molecule has 2 N–H and O–H groups in total. The van der Waals surface area contributed by atoms with Gasteiger partial charge in [-0.2, -0.15) is 5.10 Å². The summed E-state index contributed by atoms with van der Waals surface area (Å²) in [6, 6.07) is 5.08. The molecule has 0 unspecified atom stereocenters. The van der Waals surface area contributed by atoms with Gasteiger partial charge in [-0.3, -0.25) is 9.79 Å². The van der Waals surface area contributed by atoms with E-state index in [9.17, 15) is 9.90 Å². The van der Waals surface area contributed by atoms with E-state index in [2.05, 4.69) is 20.4 Å². The first kappa shape index (κ1) is 14.5. The quantitative estimate of drug-likeness (QED) is 0.739. The smallest absolute Gasteiger partial charge is 0.243 e. The van der Waals surface area contributed by atoms with E-state index in [-0.39, 0.29) is 24.9 Å². The molecule has 0 atom stereocenters. The van der Waals surface area contributed by atoms with Crippen LogP contribution in [0.5, 0.6) is 11.5 Å². The van der Waals surface area contributed by atoms with E-state index in [0.29, 0.717) is 11.3 Å². The lowest BCUT2D eigenvalue weighted by Gasteiger charge is -2.05. The second-order valence-electron chi connectivity index (χ2n) is 4.06. The van der Waals surface area contributed by atoms with Crippen LogP contribution in [0.3, 0.4) is 0 Å². The van der Waals surface area contributed by atoms with E-state index in [1.54, 1.807) is 18.2 Å². The SMILES string of the molecule is COc1cccc(/C=N/CNC(=O)Cn2cncn2)c1O. The second-order valence-corrected chi connectivity index (χ2v) is 4.06. The molecule has 0 saturated heterocycles. The zero-order valence-electron chi connectivity index (χ0n) is 11.4. The standard InChI is InChI=1S/C13H15N5O3/c1-21-11-4-2-3-10(13(11)20)5-14-7-16-12(19)6-18-9-15-8-17-18/h2-5,8-9,20H,6-7H2,1H3,(H,16,19)/b14-5+. The van der Waals surface area contributed by atoms with Gasteiger partial charge in [0.15, 0.2) is 11.5 Å². The number of ether oxygens (including phenoxy) is 1. The summed E-state index contributed by atoms with van der Waals surface area (Å²) in [5, 5.41) is 16.3. The van der Waals surface area contributed by atoms with Crippen molar-refractivity contribution >= 4 is 12.1 Å². The Morgan fingerprint density at radius 2 is 2.43 bits per heavy atom. The number of phenols is 1. The van der Waals surface area contributed by atoms with Crippen molar-refractivity contribution in [1.29, 1.82) is 0 Å². The molecule has 1 amide bonds. The molecule has 8 nitrogen and oxygen atoms in total. The van der Waals surface area contributed by atoms with E-state index >= 15 is 0 Å². The predicted molar refractivity (Wildman–Crippen MR) is 75.3 cm³/mol. The third kappa shape index (κ3) is 4.03. The van der Waals surface area contributed by atoms with Crippen molar-refractivity contribution in [3.05, 3.63) is 36.4 Å². The molecule has 0 spiro atoms. The van der Waals surface area contributed by atoms with Gasteiger partial charge < -0.3 is 15.2 Å². The molecule has 0 fully saturated rings. The minimum Gasteiger partial charge on any atom is -0.504 e. The molecule has 0 bridgehead atoms. The van der Waals surface area contributed by atoms with Crippen molar-refractivity contribution in [2.75, 3.05) is 13.8 Å². The lowest BCUT2D eigenvalue weighted by Crippen LogP contribution is -2.27. The Morgan fingerprint density at radius 3 is 3.14 bits per heavy atom. The van der Waals surface area contributed by atoms with Gasteiger partial charge in [-0.05, 0) is 12.1 Å². The van der Waals surface area contributed by atoms with Gasteiger partial charge >= 0.3 is 0 Å². The number of phenolic OH excluding ortho intramolecular Hbond substituents is 1. The van der Waals surface area contributed by atoms with Crippen LogP contribution < -0.4 is 10.1 Å². The van der Waals surface area contributed by atoms with Crippen molar-refractivity contribution in [1.82, 2.24) is 20.1 Å². The Morgan fingerprint density at radius 1 is 1.57 bits per heavy atom.